The number of methoxy groups -OCH3 is 2. The molecule has 1 unspecified atom stereocenters. The highest BCUT2D eigenvalue weighted by molar-refractivity contribution is 6.03. The van der Waals surface area contributed by atoms with Gasteiger partial charge in [0.15, 0.2) is 12.5 Å². The van der Waals surface area contributed by atoms with Gasteiger partial charge >= 0.3 is 5.69 Å². The van der Waals surface area contributed by atoms with Gasteiger partial charge in [0.25, 0.3) is 5.91 Å². The van der Waals surface area contributed by atoms with Gasteiger partial charge in [0.1, 0.15) is 41.2 Å². The molecule has 2 aliphatic heterocycles. The number of benzene rings is 4. The summed E-state index contributed by atoms with van der Waals surface area (Å²) in [4.78, 5) is 30.4. The Bertz CT molecular complexity index is 1970. The number of aliphatic hydroxyl groups is 1. The first-order valence-electron chi connectivity index (χ1n) is 17.4. The first-order valence-corrected chi connectivity index (χ1v) is 17.4. The third kappa shape index (κ3) is 7.59. The SMILES string of the molecule is COc1ccc(C(OC[C@H]2O[C@@H](n3ccc(NC(=O)c4ccccc4)nc3=O)[C@H](OC3CCCO3)[C@@H]2O)(c2ccccc2)c2ccc(OC)cc2)cc1. The van der Waals surface area contributed by atoms with Crippen LogP contribution in [0.4, 0.5) is 5.82 Å². The second kappa shape index (κ2) is 16.1. The smallest absolute Gasteiger partial charge is 0.351 e. The van der Waals surface area contributed by atoms with Crippen LogP contribution < -0.4 is 20.5 Å². The standard InChI is InChI=1S/C41H41N3O9/c1-48-31-19-15-29(16-20-31)41(28-12-7-4-8-13-28,30-17-21-32(49-2)22-18-30)51-26-33-36(45)37(53-35-14-9-25-50-35)39(52-33)44-24-23-34(43-40(44)47)42-38(46)27-10-5-3-6-11-27/h3-8,10-13,15-24,33,35-37,39,45H,9,14,25-26H2,1-2H3,(H,42,43,46,47)/t33-,35?,36-,37-,39-/m1/s1. The zero-order valence-corrected chi connectivity index (χ0v) is 29.4. The summed E-state index contributed by atoms with van der Waals surface area (Å²) in [6.07, 6.45) is -1.98. The monoisotopic (exact) mass is 719 g/mol. The van der Waals surface area contributed by atoms with Crippen LogP contribution in [0.5, 0.6) is 11.5 Å². The molecule has 2 fully saturated rings. The molecule has 1 aromatic heterocycles. The lowest BCUT2D eigenvalue weighted by Crippen LogP contribution is -2.42. The van der Waals surface area contributed by atoms with E-state index in [1.54, 1.807) is 44.6 Å². The molecule has 12 nitrogen and oxygen atoms in total. The van der Waals surface area contributed by atoms with Crippen molar-refractivity contribution in [2.45, 2.75) is 49.3 Å². The molecule has 0 aliphatic carbocycles. The molecule has 274 valence electrons. The molecule has 2 N–H and O–H groups in total. The highest BCUT2D eigenvalue weighted by Crippen LogP contribution is 2.43. The maximum atomic E-state index is 13.5. The lowest BCUT2D eigenvalue weighted by molar-refractivity contribution is -0.182. The van der Waals surface area contributed by atoms with Crippen molar-refractivity contribution in [1.82, 2.24) is 9.55 Å². The van der Waals surface area contributed by atoms with E-state index in [1.807, 2.05) is 78.9 Å². The van der Waals surface area contributed by atoms with E-state index < -0.39 is 48.0 Å². The third-order valence-electron chi connectivity index (χ3n) is 9.53. The summed E-state index contributed by atoms with van der Waals surface area (Å²) in [7, 11) is 3.22. The molecule has 5 aromatic rings. The van der Waals surface area contributed by atoms with Crippen molar-refractivity contribution >= 4 is 11.7 Å². The first kappa shape index (κ1) is 36.0. The Morgan fingerprint density at radius 3 is 2.04 bits per heavy atom. The molecule has 0 saturated carbocycles. The lowest BCUT2D eigenvalue weighted by atomic mass is 9.80. The van der Waals surface area contributed by atoms with Gasteiger partial charge in [-0.25, -0.2) is 4.79 Å². The quantitative estimate of drug-likeness (QED) is 0.154. The molecule has 3 heterocycles. The van der Waals surface area contributed by atoms with Gasteiger partial charge in [-0.3, -0.25) is 9.36 Å². The minimum Gasteiger partial charge on any atom is -0.497 e. The fourth-order valence-electron chi connectivity index (χ4n) is 6.79. The molecule has 2 saturated heterocycles. The Morgan fingerprint density at radius 2 is 1.47 bits per heavy atom. The molecule has 12 heteroatoms. The summed E-state index contributed by atoms with van der Waals surface area (Å²) in [5.74, 6) is 1.03. The molecular formula is C41H41N3O9. The minimum atomic E-state index is -1.23. The average Bonchev–Trinajstić information content (AvgIpc) is 3.84. The van der Waals surface area contributed by atoms with Crippen molar-refractivity contribution in [3.8, 4) is 11.5 Å². The molecule has 7 rings (SSSR count). The van der Waals surface area contributed by atoms with E-state index in [2.05, 4.69) is 10.3 Å². The van der Waals surface area contributed by atoms with E-state index in [4.69, 9.17) is 28.4 Å². The second-order valence-corrected chi connectivity index (χ2v) is 12.7. The number of hydrogen-bond acceptors (Lipinski definition) is 10. The molecule has 0 bridgehead atoms. The maximum Gasteiger partial charge on any atom is 0.351 e. The maximum absolute atomic E-state index is 13.5. The Hall–Kier alpha value is -5.37. The molecule has 0 spiro atoms. The van der Waals surface area contributed by atoms with Crippen LogP contribution in [0, 0.1) is 0 Å². The summed E-state index contributed by atoms with van der Waals surface area (Å²) in [6, 6.07) is 35.1. The zero-order chi connectivity index (χ0) is 36.8. The van der Waals surface area contributed by atoms with Gasteiger partial charge < -0.3 is 38.8 Å². The average molecular weight is 720 g/mol. The Labute approximate surface area is 306 Å². The fraction of sp³-hybridized carbons (Fsp3) is 0.293. The van der Waals surface area contributed by atoms with Gasteiger partial charge in [-0.05, 0) is 65.6 Å². The molecule has 53 heavy (non-hydrogen) atoms. The summed E-state index contributed by atoms with van der Waals surface area (Å²) in [5.41, 5.74) is 0.983. The summed E-state index contributed by atoms with van der Waals surface area (Å²) in [6.45, 7) is 0.412. The normalized spacial score (nSPS) is 21.3. The van der Waals surface area contributed by atoms with E-state index >= 15 is 0 Å². The summed E-state index contributed by atoms with van der Waals surface area (Å²) in [5, 5.41) is 14.5. The highest BCUT2D eigenvalue weighted by atomic mass is 16.7. The minimum absolute atomic E-state index is 0.0711. The number of carbonyl (C=O) groups is 1. The number of carbonyl (C=O) groups excluding carboxylic acids is 1. The molecule has 1 amide bonds. The number of nitrogens with one attached hydrogen (secondary N) is 1. The van der Waals surface area contributed by atoms with Crippen LogP contribution in [0.2, 0.25) is 0 Å². The number of ether oxygens (including phenoxy) is 6. The lowest BCUT2D eigenvalue weighted by Gasteiger charge is -2.37. The van der Waals surface area contributed by atoms with Crippen LogP contribution >= 0.6 is 0 Å². The number of aliphatic hydroxyl groups excluding tert-OH is 1. The zero-order valence-electron chi connectivity index (χ0n) is 29.4. The van der Waals surface area contributed by atoms with Gasteiger partial charge in [-0.15, -0.1) is 0 Å². The molecular weight excluding hydrogens is 678 g/mol. The van der Waals surface area contributed by atoms with Crippen LogP contribution in [0.25, 0.3) is 0 Å². The molecule has 4 aromatic carbocycles. The van der Waals surface area contributed by atoms with Crippen molar-refractivity contribution in [1.29, 1.82) is 0 Å². The number of anilines is 1. The van der Waals surface area contributed by atoms with Crippen molar-refractivity contribution in [2.24, 2.45) is 0 Å². The second-order valence-electron chi connectivity index (χ2n) is 12.7. The van der Waals surface area contributed by atoms with E-state index in [-0.39, 0.29) is 12.4 Å². The number of rotatable bonds is 13. The molecule has 0 radical (unpaired) electrons. The first-order chi connectivity index (χ1) is 25.9. The van der Waals surface area contributed by atoms with Gasteiger partial charge in [-0.2, -0.15) is 4.98 Å². The fourth-order valence-corrected chi connectivity index (χ4v) is 6.79. The van der Waals surface area contributed by atoms with Crippen LogP contribution in [0.1, 0.15) is 46.1 Å². The van der Waals surface area contributed by atoms with Gasteiger partial charge in [-0.1, -0.05) is 72.8 Å². The topological polar surface area (TPSA) is 140 Å². The van der Waals surface area contributed by atoms with Crippen LogP contribution in [0.15, 0.2) is 126 Å². The van der Waals surface area contributed by atoms with E-state index in [9.17, 15) is 14.7 Å². The van der Waals surface area contributed by atoms with Crippen LogP contribution in [-0.2, 0) is 24.5 Å². The molecule has 2 aliphatic rings. The molecule has 5 atom stereocenters. The number of nitrogens with zero attached hydrogens (tertiary/aromatic N) is 2. The van der Waals surface area contributed by atoms with Crippen LogP contribution in [-0.4, -0.2) is 72.6 Å². The van der Waals surface area contributed by atoms with Gasteiger partial charge in [0, 0.05) is 24.8 Å². The highest BCUT2D eigenvalue weighted by Gasteiger charge is 2.49. The van der Waals surface area contributed by atoms with E-state index in [0.717, 1.165) is 23.1 Å². The Morgan fingerprint density at radius 1 is 0.868 bits per heavy atom. The predicted molar refractivity (Wildman–Crippen MR) is 195 cm³/mol. The number of amides is 1. The van der Waals surface area contributed by atoms with Crippen LogP contribution in [0.3, 0.4) is 0 Å². The van der Waals surface area contributed by atoms with Gasteiger partial charge in [0.05, 0.1) is 20.8 Å². The van der Waals surface area contributed by atoms with Crippen molar-refractivity contribution < 1.29 is 38.3 Å². The predicted octanol–water partition coefficient (Wildman–Crippen LogP) is 5.30. The van der Waals surface area contributed by atoms with Gasteiger partial charge in [0.2, 0.25) is 0 Å². The third-order valence-corrected chi connectivity index (χ3v) is 9.53. The van der Waals surface area contributed by atoms with Crippen molar-refractivity contribution in [3.63, 3.8) is 0 Å². The van der Waals surface area contributed by atoms with Crippen molar-refractivity contribution in [3.05, 3.63) is 154 Å². The van der Waals surface area contributed by atoms with Crippen molar-refractivity contribution in [2.75, 3.05) is 32.8 Å². The largest absolute Gasteiger partial charge is 0.497 e. The summed E-state index contributed by atoms with van der Waals surface area (Å²) < 4.78 is 37.7. The summed E-state index contributed by atoms with van der Waals surface area (Å²) >= 11 is 0. The Balaban J connectivity index is 1.22. The van der Waals surface area contributed by atoms with E-state index in [0.29, 0.717) is 30.1 Å². The number of aromatic nitrogens is 2. The number of hydrogen-bond donors (Lipinski definition) is 2. The Kier molecular flexibility index (Phi) is 10.9. The van der Waals surface area contributed by atoms with E-state index in [1.165, 1.54) is 16.8 Å².